The molecule has 0 amide bonds. The fourth-order valence-corrected chi connectivity index (χ4v) is 2.40. The quantitative estimate of drug-likeness (QED) is 0.856. The van der Waals surface area contributed by atoms with Crippen molar-refractivity contribution in [2.24, 2.45) is 0 Å². The number of alkyl halides is 2. The molecule has 0 bridgehead atoms. The van der Waals surface area contributed by atoms with Crippen molar-refractivity contribution in [3.63, 3.8) is 0 Å². The van der Waals surface area contributed by atoms with Crippen molar-refractivity contribution in [2.75, 3.05) is 0 Å². The van der Waals surface area contributed by atoms with Crippen molar-refractivity contribution in [2.45, 2.75) is 37.5 Å². The topological polar surface area (TPSA) is 37.3 Å². The van der Waals surface area contributed by atoms with Gasteiger partial charge in [0.2, 0.25) is 5.92 Å². The number of hydrogen-bond acceptors (Lipinski definition) is 1. The largest absolute Gasteiger partial charge is 0.478 e. The second kappa shape index (κ2) is 4.43. The van der Waals surface area contributed by atoms with Crippen molar-refractivity contribution in [1.82, 2.24) is 0 Å². The first-order chi connectivity index (χ1) is 7.99. The number of rotatable bonds is 2. The van der Waals surface area contributed by atoms with Gasteiger partial charge in [-0.3, -0.25) is 0 Å². The van der Waals surface area contributed by atoms with Crippen LogP contribution < -0.4 is 0 Å². The molecule has 1 aromatic rings. The highest BCUT2D eigenvalue weighted by molar-refractivity contribution is 5.89. The summed E-state index contributed by atoms with van der Waals surface area (Å²) in [5.41, 5.74) is 0.929. The van der Waals surface area contributed by atoms with Gasteiger partial charge in [-0.1, -0.05) is 18.2 Å². The summed E-state index contributed by atoms with van der Waals surface area (Å²) in [5.74, 6) is -3.62. The van der Waals surface area contributed by atoms with Crippen molar-refractivity contribution >= 4 is 5.97 Å². The van der Waals surface area contributed by atoms with Crippen LogP contribution in [0.1, 0.15) is 47.5 Å². The number of carboxylic acid groups (broad SMARTS) is 1. The average Bonchev–Trinajstić information content (AvgIpc) is 2.29. The van der Waals surface area contributed by atoms with E-state index >= 15 is 0 Å². The molecule has 1 fully saturated rings. The van der Waals surface area contributed by atoms with Gasteiger partial charge in [-0.2, -0.15) is 0 Å². The van der Waals surface area contributed by atoms with E-state index in [1.165, 1.54) is 6.07 Å². The molecule has 1 saturated carbocycles. The fourth-order valence-electron chi connectivity index (χ4n) is 2.40. The molecule has 0 atom stereocenters. The van der Waals surface area contributed by atoms with Gasteiger partial charge in [0.15, 0.2) is 0 Å². The highest BCUT2D eigenvalue weighted by Gasteiger charge is 2.36. The van der Waals surface area contributed by atoms with Crippen LogP contribution >= 0.6 is 0 Å². The molecule has 2 rings (SSSR count). The zero-order valence-electron chi connectivity index (χ0n) is 9.33. The number of hydrogen-bond donors (Lipinski definition) is 1. The van der Waals surface area contributed by atoms with E-state index in [2.05, 4.69) is 0 Å². The second-order valence-electron chi connectivity index (χ2n) is 4.52. The third-order valence-electron chi connectivity index (χ3n) is 3.35. The van der Waals surface area contributed by atoms with E-state index in [1.54, 1.807) is 18.2 Å². The number of carbonyl (C=O) groups is 1. The molecule has 0 aliphatic heterocycles. The summed E-state index contributed by atoms with van der Waals surface area (Å²) in [6, 6.07) is 6.68. The maximum Gasteiger partial charge on any atom is 0.335 e. The van der Waals surface area contributed by atoms with E-state index < -0.39 is 11.9 Å². The molecule has 0 radical (unpaired) electrons. The van der Waals surface area contributed by atoms with E-state index in [0.29, 0.717) is 18.4 Å². The number of aromatic carboxylic acids is 1. The van der Waals surface area contributed by atoms with Crippen LogP contribution in [0, 0.1) is 0 Å². The number of halogens is 2. The van der Waals surface area contributed by atoms with E-state index in [-0.39, 0.29) is 24.3 Å². The summed E-state index contributed by atoms with van der Waals surface area (Å²) >= 11 is 0. The van der Waals surface area contributed by atoms with Gasteiger partial charge < -0.3 is 5.11 Å². The lowest BCUT2D eigenvalue weighted by Gasteiger charge is -2.29. The van der Waals surface area contributed by atoms with Crippen molar-refractivity contribution < 1.29 is 18.7 Å². The van der Waals surface area contributed by atoms with Crippen LogP contribution in [0.5, 0.6) is 0 Å². The first kappa shape index (κ1) is 12.0. The minimum absolute atomic E-state index is 0.0538. The SMILES string of the molecule is O=C(O)c1ccccc1C1CCC(F)(F)CC1. The lowest BCUT2D eigenvalue weighted by molar-refractivity contribution is -0.0382. The maximum absolute atomic E-state index is 13.0. The van der Waals surface area contributed by atoms with Crippen LogP contribution in [0.4, 0.5) is 8.78 Å². The Morgan fingerprint density at radius 1 is 1.24 bits per heavy atom. The van der Waals surface area contributed by atoms with Crippen LogP contribution in [-0.4, -0.2) is 17.0 Å². The number of carboxylic acids is 1. The summed E-state index contributed by atoms with van der Waals surface area (Å²) in [6.07, 6.45) is 0.422. The average molecular weight is 240 g/mol. The summed E-state index contributed by atoms with van der Waals surface area (Å²) in [5, 5.41) is 9.05. The van der Waals surface area contributed by atoms with Gasteiger partial charge >= 0.3 is 5.97 Å². The molecule has 2 nitrogen and oxygen atoms in total. The second-order valence-corrected chi connectivity index (χ2v) is 4.52. The molecule has 0 aromatic heterocycles. The van der Waals surface area contributed by atoms with Crippen LogP contribution in [0.3, 0.4) is 0 Å². The molecule has 0 heterocycles. The molecule has 4 heteroatoms. The molecule has 0 unspecified atom stereocenters. The highest BCUT2D eigenvalue weighted by Crippen LogP contribution is 2.41. The number of benzene rings is 1. The zero-order valence-corrected chi connectivity index (χ0v) is 9.33. The summed E-state index contributed by atoms with van der Waals surface area (Å²) in [7, 11) is 0. The first-order valence-corrected chi connectivity index (χ1v) is 5.70. The van der Waals surface area contributed by atoms with Gasteiger partial charge in [-0.25, -0.2) is 13.6 Å². The molecule has 1 aromatic carbocycles. The van der Waals surface area contributed by atoms with E-state index in [9.17, 15) is 13.6 Å². The summed E-state index contributed by atoms with van der Waals surface area (Å²) in [6.45, 7) is 0. The Bertz CT molecular complexity index is 419. The lowest BCUT2D eigenvalue weighted by atomic mass is 9.80. The van der Waals surface area contributed by atoms with Gasteiger partial charge in [-0.05, 0) is 30.4 Å². The van der Waals surface area contributed by atoms with Crippen LogP contribution in [0.15, 0.2) is 24.3 Å². The maximum atomic E-state index is 13.0. The molecule has 17 heavy (non-hydrogen) atoms. The van der Waals surface area contributed by atoms with E-state index in [0.717, 1.165) is 0 Å². The normalized spacial score (nSPS) is 20.1. The monoisotopic (exact) mass is 240 g/mol. The predicted octanol–water partition coefficient (Wildman–Crippen LogP) is 3.68. The van der Waals surface area contributed by atoms with Crippen LogP contribution in [0.2, 0.25) is 0 Å². The Hall–Kier alpha value is -1.45. The fraction of sp³-hybridized carbons (Fsp3) is 0.462. The molecule has 0 saturated heterocycles. The Kier molecular flexibility index (Phi) is 3.13. The van der Waals surface area contributed by atoms with Crippen LogP contribution in [-0.2, 0) is 0 Å². The molecule has 1 aliphatic rings. The molecular weight excluding hydrogens is 226 g/mol. The smallest absolute Gasteiger partial charge is 0.335 e. The Labute approximate surface area is 98.3 Å². The van der Waals surface area contributed by atoms with Crippen molar-refractivity contribution in [1.29, 1.82) is 0 Å². The third kappa shape index (κ3) is 2.62. The minimum Gasteiger partial charge on any atom is -0.478 e. The molecule has 92 valence electrons. The Morgan fingerprint density at radius 3 is 2.41 bits per heavy atom. The minimum atomic E-state index is -2.57. The third-order valence-corrected chi connectivity index (χ3v) is 3.35. The van der Waals surface area contributed by atoms with Gasteiger partial charge in [0, 0.05) is 12.8 Å². The standard InChI is InChI=1S/C13H14F2O2/c14-13(15)7-5-9(6-8-13)10-3-1-2-4-11(10)12(16)17/h1-4,9H,5-8H2,(H,16,17). The highest BCUT2D eigenvalue weighted by atomic mass is 19.3. The van der Waals surface area contributed by atoms with Gasteiger partial charge in [0.05, 0.1) is 5.56 Å². The van der Waals surface area contributed by atoms with Crippen molar-refractivity contribution in [3.8, 4) is 0 Å². The zero-order chi connectivity index (χ0) is 12.5. The molecule has 1 N–H and O–H groups in total. The van der Waals surface area contributed by atoms with E-state index in [1.807, 2.05) is 0 Å². The predicted molar refractivity (Wildman–Crippen MR) is 59.6 cm³/mol. The van der Waals surface area contributed by atoms with Gasteiger partial charge in [0.1, 0.15) is 0 Å². The van der Waals surface area contributed by atoms with Crippen molar-refractivity contribution in [3.05, 3.63) is 35.4 Å². The Balaban J connectivity index is 2.21. The lowest BCUT2D eigenvalue weighted by Crippen LogP contribution is -2.24. The van der Waals surface area contributed by atoms with Gasteiger partial charge in [-0.15, -0.1) is 0 Å². The van der Waals surface area contributed by atoms with E-state index in [4.69, 9.17) is 5.11 Å². The van der Waals surface area contributed by atoms with Crippen LogP contribution in [0.25, 0.3) is 0 Å². The molecule has 0 spiro atoms. The molecular formula is C13H14F2O2. The first-order valence-electron chi connectivity index (χ1n) is 5.70. The summed E-state index contributed by atoms with van der Waals surface area (Å²) in [4.78, 5) is 11.0. The van der Waals surface area contributed by atoms with Gasteiger partial charge in [0.25, 0.3) is 0 Å². The summed E-state index contributed by atoms with van der Waals surface area (Å²) < 4.78 is 26.1. The molecule has 1 aliphatic carbocycles. The Morgan fingerprint density at radius 2 is 1.82 bits per heavy atom.